The number of methoxy groups -OCH3 is 2. The molecule has 0 aliphatic carbocycles. The molecule has 128 valence electrons. The van der Waals surface area contributed by atoms with E-state index in [-0.39, 0.29) is 5.57 Å². The van der Waals surface area contributed by atoms with Crippen molar-refractivity contribution in [3.63, 3.8) is 0 Å². The van der Waals surface area contributed by atoms with E-state index in [0.717, 1.165) is 11.1 Å². The molecule has 0 aliphatic rings. The molecule has 0 radical (unpaired) electrons. The average molecular weight is 336 g/mol. The fourth-order valence-electron chi connectivity index (χ4n) is 2.32. The van der Waals surface area contributed by atoms with E-state index in [1.54, 1.807) is 25.3 Å². The summed E-state index contributed by atoms with van der Waals surface area (Å²) in [5, 5.41) is 12.2. The zero-order valence-electron chi connectivity index (χ0n) is 14.7. The van der Waals surface area contributed by atoms with Gasteiger partial charge in [0.15, 0.2) is 0 Å². The molecule has 25 heavy (non-hydrogen) atoms. The summed E-state index contributed by atoms with van der Waals surface area (Å²) < 4.78 is 10.5. The highest BCUT2D eigenvalue weighted by Crippen LogP contribution is 2.26. The van der Waals surface area contributed by atoms with Crippen LogP contribution in [-0.4, -0.2) is 20.1 Å². The molecule has 0 heterocycles. The van der Waals surface area contributed by atoms with Crippen molar-refractivity contribution < 1.29 is 14.3 Å². The molecule has 2 aromatic carbocycles. The number of hydrogen-bond donors (Lipinski definition) is 1. The van der Waals surface area contributed by atoms with Crippen LogP contribution in [0.5, 0.6) is 11.5 Å². The van der Waals surface area contributed by atoms with E-state index >= 15 is 0 Å². The molecule has 0 atom stereocenters. The van der Waals surface area contributed by atoms with Gasteiger partial charge in [-0.1, -0.05) is 12.1 Å². The molecule has 0 aliphatic heterocycles. The highest BCUT2D eigenvalue weighted by molar-refractivity contribution is 6.10. The number of nitriles is 1. The van der Waals surface area contributed by atoms with Crippen LogP contribution in [0.3, 0.4) is 0 Å². The van der Waals surface area contributed by atoms with Gasteiger partial charge in [-0.05, 0) is 55.3 Å². The van der Waals surface area contributed by atoms with E-state index in [9.17, 15) is 10.1 Å². The van der Waals surface area contributed by atoms with Crippen LogP contribution in [-0.2, 0) is 4.79 Å². The second kappa shape index (κ2) is 8.02. The number of carbonyl (C=O) groups excluding carboxylic acids is 1. The molecule has 2 rings (SSSR count). The van der Waals surface area contributed by atoms with Gasteiger partial charge in [0.05, 0.1) is 14.2 Å². The highest BCUT2D eigenvalue weighted by Gasteiger charge is 2.13. The zero-order chi connectivity index (χ0) is 18.4. The van der Waals surface area contributed by atoms with Crippen LogP contribution in [0.2, 0.25) is 0 Å². The number of ether oxygens (including phenoxy) is 2. The first kappa shape index (κ1) is 18.1. The smallest absolute Gasteiger partial charge is 0.266 e. The van der Waals surface area contributed by atoms with Gasteiger partial charge < -0.3 is 14.8 Å². The van der Waals surface area contributed by atoms with Gasteiger partial charge in [-0.15, -0.1) is 0 Å². The molecule has 1 amide bonds. The number of carbonyl (C=O) groups is 1. The second-order valence-corrected chi connectivity index (χ2v) is 5.55. The quantitative estimate of drug-likeness (QED) is 0.665. The van der Waals surface area contributed by atoms with Gasteiger partial charge in [-0.3, -0.25) is 4.79 Å². The van der Waals surface area contributed by atoms with Gasteiger partial charge in [-0.25, -0.2) is 0 Å². The number of aryl methyl sites for hydroxylation is 2. The van der Waals surface area contributed by atoms with E-state index in [1.165, 1.54) is 13.2 Å². The molecule has 0 fully saturated rings. The standard InChI is InChI=1S/C20H20N2O3/c1-13-5-6-14(2)18(9-13)22-20(23)16(12-21)10-15-11-17(24-3)7-8-19(15)25-4/h5-11H,1-4H3,(H,22,23). The van der Waals surface area contributed by atoms with Crippen LogP contribution in [0.4, 0.5) is 5.69 Å². The summed E-state index contributed by atoms with van der Waals surface area (Å²) in [5.74, 6) is 0.688. The van der Waals surface area contributed by atoms with Crippen LogP contribution < -0.4 is 14.8 Å². The minimum atomic E-state index is -0.471. The summed E-state index contributed by atoms with van der Waals surface area (Å²) in [5.41, 5.74) is 3.21. The van der Waals surface area contributed by atoms with Crippen molar-refractivity contribution in [3.05, 3.63) is 58.7 Å². The summed E-state index contributed by atoms with van der Waals surface area (Å²) in [6.45, 7) is 3.84. The minimum Gasteiger partial charge on any atom is -0.497 e. The molecular weight excluding hydrogens is 316 g/mol. The van der Waals surface area contributed by atoms with Crippen LogP contribution in [0.25, 0.3) is 6.08 Å². The summed E-state index contributed by atoms with van der Waals surface area (Å²) in [4.78, 5) is 12.5. The first-order valence-corrected chi connectivity index (χ1v) is 7.71. The van der Waals surface area contributed by atoms with E-state index in [0.29, 0.717) is 22.7 Å². The van der Waals surface area contributed by atoms with Crippen LogP contribution in [0.15, 0.2) is 42.0 Å². The van der Waals surface area contributed by atoms with Crippen molar-refractivity contribution in [1.82, 2.24) is 0 Å². The third-order valence-corrected chi connectivity index (χ3v) is 3.74. The number of rotatable bonds is 5. The predicted molar refractivity (Wildman–Crippen MR) is 97.7 cm³/mol. The molecule has 0 saturated carbocycles. The Hall–Kier alpha value is -3.26. The Kier molecular flexibility index (Phi) is 5.80. The maximum atomic E-state index is 12.5. The molecule has 0 saturated heterocycles. The molecule has 1 N–H and O–H groups in total. The Morgan fingerprint density at radius 1 is 1.12 bits per heavy atom. The Balaban J connectivity index is 2.36. The first-order chi connectivity index (χ1) is 12.0. The van der Waals surface area contributed by atoms with Crippen molar-refractivity contribution in [2.45, 2.75) is 13.8 Å². The van der Waals surface area contributed by atoms with Gasteiger partial charge in [0, 0.05) is 11.3 Å². The van der Waals surface area contributed by atoms with Gasteiger partial charge in [-0.2, -0.15) is 5.26 Å². The van der Waals surface area contributed by atoms with Crippen molar-refractivity contribution in [2.24, 2.45) is 0 Å². The largest absolute Gasteiger partial charge is 0.497 e. The topological polar surface area (TPSA) is 71.3 Å². The van der Waals surface area contributed by atoms with E-state index in [4.69, 9.17) is 9.47 Å². The monoisotopic (exact) mass is 336 g/mol. The van der Waals surface area contributed by atoms with E-state index < -0.39 is 5.91 Å². The van der Waals surface area contributed by atoms with Crippen LogP contribution in [0.1, 0.15) is 16.7 Å². The summed E-state index contributed by atoms with van der Waals surface area (Å²) in [7, 11) is 3.08. The summed E-state index contributed by atoms with van der Waals surface area (Å²) in [6, 6.07) is 12.9. The Morgan fingerprint density at radius 3 is 2.52 bits per heavy atom. The first-order valence-electron chi connectivity index (χ1n) is 7.71. The second-order valence-electron chi connectivity index (χ2n) is 5.55. The van der Waals surface area contributed by atoms with Gasteiger partial charge >= 0.3 is 0 Å². The van der Waals surface area contributed by atoms with Crippen molar-refractivity contribution in [2.75, 3.05) is 19.5 Å². The number of anilines is 1. The Bertz CT molecular complexity index is 864. The molecule has 5 nitrogen and oxygen atoms in total. The zero-order valence-corrected chi connectivity index (χ0v) is 14.7. The molecule has 0 aromatic heterocycles. The van der Waals surface area contributed by atoms with Crippen molar-refractivity contribution in [3.8, 4) is 17.6 Å². The molecule has 0 bridgehead atoms. The molecule has 2 aromatic rings. The number of hydrogen-bond acceptors (Lipinski definition) is 4. The van der Waals surface area contributed by atoms with Crippen molar-refractivity contribution >= 4 is 17.7 Å². The van der Waals surface area contributed by atoms with Crippen LogP contribution in [0, 0.1) is 25.2 Å². The maximum Gasteiger partial charge on any atom is 0.266 e. The normalized spacial score (nSPS) is 10.8. The SMILES string of the molecule is COc1ccc(OC)c(C=C(C#N)C(=O)Nc2cc(C)ccc2C)c1. The average Bonchev–Trinajstić information content (AvgIpc) is 2.62. The van der Waals surface area contributed by atoms with Gasteiger partial charge in [0.25, 0.3) is 5.91 Å². The number of nitrogens with zero attached hydrogens (tertiary/aromatic N) is 1. The fourth-order valence-corrected chi connectivity index (χ4v) is 2.32. The van der Waals surface area contributed by atoms with E-state index in [1.807, 2.05) is 38.1 Å². The summed E-state index contributed by atoms with van der Waals surface area (Å²) >= 11 is 0. The Morgan fingerprint density at radius 2 is 1.88 bits per heavy atom. The minimum absolute atomic E-state index is 0.0209. The lowest BCUT2D eigenvalue weighted by Gasteiger charge is -2.10. The third kappa shape index (κ3) is 4.39. The predicted octanol–water partition coefficient (Wildman–Crippen LogP) is 3.87. The Labute approximate surface area is 147 Å². The van der Waals surface area contributed by atoms with Crippen molar-refractivity contribution in [1.29, 1.82) is 5.26 Å². The molecular formula is C20H20N2O3. The maximum absolute atomic E-state index is 12.5. The number of benzene rings is 2. The lowest BCUT2D eigenvalue weighted by atomic mass is 10.1. The van der Waals surface area contributed by atoms with Crippen LogP contribution >= 0.6 is 0 Å². The number of nitrogens with one attached hydrogen (secondary N) is 1. The lowest BCUT2D eigenvalue weighted by molar-refractivity contribution is -0.112. The molecule has 0 unspecified atom stereocenters. The highest BCUT2D eigenvalue weighted by atomic mass is 16.5. The van der Waals surface area contributed by atoms with Gasteiger partial charge in [0.1, 0.15) is 23.1 Å². The lowest BCUT2D eigenvalue weighted by Crippen LogP contribution is -2.14. The molecule has 0 spiro atoms. The molecule has 5 heteroatoms. The van der Waals surface area contributed by atoms with Gasteiger partial charge in [0.2, 0.25) is 0 Å². The number of amides is 1. The fraction of sp³-hybridized carbons (Fsp3) is 0.200. The van der Waals surface area contributed by atoms with E-state index in [2.05, 4.69) is 5.32 Å². The third-order valence-electron chi connectivity index (χ3n) is 3.74. The summed E-state index contributed by atoms with van der Waals surface area (Å²) in [6.07, 6.45) is 1.49.